The molecule has 0 radical (unpaired) electrons. The third kappa shape index (κ3) is 4.22. The summed E-state index contributed by atoms with van der Waals surface area (Å²) >= 11 is 1.50. The van der Waals surface area contributed by atoms with Gasteiger partial charge in [-0.3, -0.25) is 9.59 Å². The van der Waals surface area contributed by atoms with Crippen LogP contribution in [-0.2, 0) is 17.6 Å². The Morgan fingerprint density at radius 1 is 1.31 bits per heavy atom. The summed E-state index contributed by atoms with van der Waals surface area (Å²) in [7, 11) is 0. The SMILES string of the molecule is CCC[C@H]1CCc2c(sc(NC(=O)/C=C/c3ccccc3)c2C(N)=O)C1. The molecule has 0 saturated carbocycles. The standard InChI is InChI=1S/C21H24N2O2S/c1-2-6-15-9-11-16-17(13-15)26-21(19(16)20(22)25)23-18(24)12-10-14-7-4-3-5-8-14/h3-5,7-8,10,12,15H,2,6,9,11,13H2,1H3,(H2,22,25)(H,23,24)/b12-10+/t15-/m0/s1. The lowest BCUT2D eigenvalue weighted by Gasteiger charge is -2.21. The number of nitrogens with one attached hydrogen (secondary N) is 1. The summed E-state index contributed by atoms with van der Waals surface area (Å²) in [6.07, 6.45) is 8.53. The number of hydrogen-bond donors (Lipinski definition) is 2. The van der Waals surface area contributed by atoms with Crippen molar-refractivity contribution in [3.8, 4) is 0 Å². The Bertz CT molecular complexity index is 824. The minimum absolute atomic E-state index is 0.250. The molecule has 3 rings (SSSR count). The molecule has 0 unspecified atom stereocenters. The van der Waals surface area contributed by atoms with Crippen LogP contribution in [-0.4, -0.2) is 11.8 Å². The van der Waals surface area contributed by atoms with Gasteiger partial charge in [-0.1, -0.05) is 50.1 Å². The van der Waals surface area contributed by atoms with Crippen molar-refractivity contribution in [3.63, 3.8) is 0 Å². The fraction of sp³-hybridized carbons (Fsp3) is 0.333. The van der Waals surface area contributed by atoms with Crippen molar-refractivity contribution in [2.24, 2.45) is 11.7 Å². The molecule has 136 valence electrons. The number of hydrogen-bond acceptors (Lipinski definition) is 3. The van der Waals surface area contributed by atoms with Crippen molar-refractivity contribution in [2.75, 3.05) is 5.32 Å². The molecule has 0 fully saturated rings. The topological polar surface area (TPSA) is 72.2 Å². The summed E-state index contributed by atoms with van der Waals surface area (Å²) in [6, 6.07) is 9.62. The third-order valence-corrected chi connectivity index (χ3v) is 5.94. The second kappa shape index (κ2) is 8.32. The Kier molecular flexibility index (Phi) is 5.89. The molecule has 0 saturated heterocycles. The summed E-state index contributed by atoms with van der Waals surface area (Å²) in [4.78, 5) is 25.5. The average molecular weight is 369 g/mol. The average Bonchev–Trinajstić information content (AvgIpc) is 2.98. The molecule has 1 aliphatic rings. The minimum atomic E-state index is -0.459. The number of nitrogens with two attached hydrogens (primary N) is 1. The number of rotatable bonds is 6. The van der Waals surface area contributed by atoms with Crippen LogP contribution in [0.2, 0.25) is 0 Å². The van der Waals surface area contributed by atoms with Gasteiger partial charge in [0.15, 0.2) is 0 Å². The first-order chi connectivity index (χ1) is 12.6. The maximum atomic E-state index is 12.3. The molecular formula is C21H24N2O2S. The maximum Gasteiger partial charge on any atom is 0.251 e. The smallest absolute Gasteiger partial charge is 0.251 e. The second-order valence-corrected chi connectivity index (χ2v) is 7.81. The predicted molar refractivity (Wildman–Crippen MR) is 107 cm³/mol. The number of carbonyl (C=O) groups is 2. The number of benzene rings is 1. The van der Waals surface area contributed by atoms with Gasteiger partial charge in [-0.15, -0.1) is 11.3 Å². The fourth-order valence-electron chi connectivity index (χ4n) is 3.55. The van der Waals surface area contributed by atoms with Crippen LogP contribution in [0.25, 0.3) is 6.08 Å². The molecule has 1 aliphatic carbocycles. The first kappa shape index (κ1) is 18.4. The van der Waals surface area contributed by atoms with Crippen molar-refractivity contribution in [3.05, 3.63) is 58.0 Å². The van der Waals surface area contributed by atoms with Gasteiger partial charge in [0.1, 0.15) is 5.00 Å². The van der Waals surface area contributed by atoms with Crippen LogP contribution in [0.15, 0.2) is 36.4 Å². The zero-order chi connectivity index (χ0) is 18.5. The minimum Gasteiger partial charge on any atom is -0.365 e. The molecule has 1 aromatic carbocycles. The lowest BCUT2D eigenvalue weighted by Crippen LogP contribution is -2.19. The molecule has 3 N–H and O–H groups in total. The zero-order valence-corrected chi connectivity index (χ0v) is 15.8. The van der Waals surface area contributed by atoms with Crippen LogP contribution in [0, 0.1) is 5.92 Å². The molecule has 4 nitrogen and oxygen atoms in total. The van der Waals surface area contributed by atoms with Crippen LogP contribution in [0.3, 0.4) is 0 Å². The molecule has 5 heteroatoms. The highest BCUT2D eigenvalue weighted by Crippen LogP contribution is 2.40. The summed E-state index contributed by atoms with van der Waals surface area (Å²) in [5.41, 5.74) is 8.11. The molecule has 2 aromatic rings. The highest BCUT2D eigenvalue weighted by Gasteiger charge is 2.28. The van der Waals surface area contributed by atoms with Gasteiger partial charge in [0, 0.05) is 11.0 Å². The fourth-order valence-corrected chi connectivity index (χ4v) is 4.92. The molecular weight excluding hydrogens is 344 g/mol. The van der Waals surface area contributed by atoms with E-state index in [4.69, 9.17) is 5.73 Å². The normalized spacial score (nSPS) is 16.4. The highest BCUT2D eigenvalue weighted by molar-refractivity contribution is 7.17. The van der Waals surface area contributed by atoms with E-state index in [1.165, 1.54) is 35.1 Å². The number of anilines is 1. The van der Waals surface area contributed by atoms with Gasteiger partial charge in [-0.05, 0) is 42.4 Å². The Balaban J connectivity index is 1.78. The lowest BCUT2D eigenvalue weighted by molar-refractivity contribution is -0.111. The van der Waals surface area contributed by atoms with Crippen molar-refractivity contribution < 1.29 is 9.59 Å². The van der Waals surface area contributed by atoms with E-state index < -0.39 is 5.91 Å². The Labute approximate surface area is 158 Å². The number of carbonyl (C=O) groups excluding carboxylic acids is 2. The first-order valence-electron chi connectivity index (χ1n) is 9.07. The van der Waals surface area contributed by atoms with E-state index in [-0.39, 0.29) is 5.91 Å². The van der Waals surface area contributed by atoms with Crippen molar-refractivity contribution in [1.82, 2.24) is 0 Å². The monoisotopic (exact) mass is 368 g/mol. The quantitative estimate of drug-likeness (QED) is 0.742. The van der Waals surface area contributed by atoms with Gasteiger partial charge < -0.3 is 11.1 Å². The number of thiophene rings is 1. The summed E-state index contributed by atoms with van der Waals surface area (Å²) < 4.78 is 0. The van der Waals surface area contributed by atoms with Crippen LogP contribution in [0.1, 0.15) is 52.5 Å². The van der Waals surface area contributed by atoms with Gasteiger partial charge in [0.05, 0.1) is 5.56 Å². The first-order valence-corrected chi connectivity index (χ1v) is 9.88. The van der Waals surface area contributed by atoms with Crippen LogP contribution in [0.5, 0.6) is 0 Å². The number of primary amides is 1. The lowest BCUT2D eigenvalue weighted by atomic mass is 9.84. The van der Waals surface area contributed by atoms with E-state index >= 15 is 0 Å². The highest BCUT2D eigenvalue weighted by atomic mass is 32.1. The molecule has 2 amide bonds. The van der Waals surface area contributed by atoms with Crippen LogP contribution >= 0.6 is 11.3 Å². The second-order valence-electron chi connectivity index (χ2n) is 6.70. The van der Waals surface area contributed by atoms with Gasteiger partial charge in [-0.25, -0.2) is 0 Å². The third-order valence-electron chi connectivity index (χ3n) is 4.77. The zero-order valence-electron chi connectivity index (χ0n) is 15.0. The van der Waals surface area contributed by atoms with Crippen molar-refractivity contribution in [1.29, 1.82) is 0 Å². The molecule has 1 aromatic heterocycles. The Morgan fingerprint density at radius 3 is 2.77 bits per heavy atom. The van der Waals surface area contributed by atoms with E-state index in [0.29, 0.717) is 16.5 Å². The Hall–Kier alpha value is -2.40. The van der Waals surface area contributed by atoms with E-state index in [0.717, 1.165) is 30.4 Å². The maximum absolute atomic E-state index is 12.3. The van der Waals surface area contributed by atoms with Gasteiger partial charge >= 0.3 is 0 Å². The molecule has 1 atom stereocenters. The molecule has 1 heterocycles. The van der Waals surface area contributed by atoms with E-state index in [2.05, 4.69) is 12.2 Å². The van der Waals surface area contributed by atoms with Crippen LogP contribution < -0.4 is 11.1 Å². The molecule has 26 heavy (non-hydrogen) atoms. The summed E-state index contributed by atoms with van der Waals surface area (Å²) in [5.74, 6) is -0.0488. The van der Waals surface area contributed by atoms with Crippen molar-refractivity contribution in [2.45, 2.75) is 39.0 Å². The Morgan fingerprint density at radius 2 is 2.08 bits per heavy atom. The molecule has 0 aliphatic heterocycles. The van der Waals surface area contributed by atoms with Gasteiger partial charge in [0.25, 0.3) is 5.91 Å². The largest absolute Gasteiger partial charge is 0.365 e. The van der Waals surface area contributed by atoms with E-state index in [9.17, 15) is 9.59 Å². The predicted octanol–water partition coefficient (Wildman–Crippen LogP) is 4.40. The summed E-state index contributed by atoms with van der Waals surface area (Å²) in [5, 5.41) is 3.44. The van der Waals surface area contributed by atoms with Crippen molar-refractivity contribution >= 4 is 34.2 Å². The van der Waals surface area contributed by atoms with Gasteiger partial charge in [0.2, 0.25) is 5.91 Å². The molecule has 0 bridgehead atoms. The molecule has 0 spiro atoms. The summed E-state index contributed by atoms with van der Waals surface area (Å²) in [6.45, 7) is 2.20. The van der Waals surface area contributed by atoms with Crippen LogP contribution in [0.4, 0.5) is 5.00 Å². The van der Waals surface area contributed by atoms with E-state index in [1.807, 2.05) is 30.3 Å². The van der Waals surface area contributed by atoms with Gasteiger partial charge in [-0.2, -0.15) is 0 Å². The van der Waals surface area contributed by atoms with E-state index in [1.54, 1.807) is 6.08 Å². The number of amides is 2. The number of fused-ring (bicyclic) bond motifs is 1.